The number of hydrogen-bond donors (Lipinski definition) is 1. The fraction of sp³-hybridized carbons (Fsp3) is 0.417. The lowest BCUT2D eigenvalue weighted by molar-refractivity contribution is -0.687. The van der Waals surface area contributed by atoms with Crippen molar-refractivity contribution >= 4 is 5.97 Å². The normalized spacial score (nSPS) is 19.4. The molecule has 0 unspecified atom stereocenters. The summed E-state index contributed by atoms with van der Waals surface area (Å²) in [5.74, 6) is -0.121. The van der Waals surface area contributed by atoms with Gasteiger partial charge in [0, 0.05) is 12.0 Å². The van der Waals surface area contributed by atoms with E-state index in [1.165, 1.54) is 5.56 Å². The molecule has 1 atom stereocenters. The van der Waals surface area contributed by atoms with Crippen LogP contribution in [0.1, 0.15) is 24.1 Å². The molecule has 0 aromatic heterocycles. The summed E-state index contributed by atoms with van der Waals surface area (Å²) in [6.45, 7) is 3.25. The van der Waals surface area contributed by atoms with Crippen LogP contribution in [0.5, 0.6) is 0 Å². The van der Waals surface area contributed by atoms with Crippen molar-refractivity contribution in [3.63, 3.8) is 0 Å². The Balaban J connectivity index is 2.25. The van der Waals surface area contributed by atoms with Crippen LogP contribution in [0.3, 0.4) is 0 Å². The average Bonchev–Trinajstić information content (AvgIpc) is 2.28. The summed E-state index contributed by atoms with van der Waals surface area (Å²) in [5, 5.41) is 2.06. The van der Waals surface area contributed by atoms with E-state index in [4.69, 9.17) is 4.74 Å². The highest BCUT2D eigenvalue weighted by atomic mass is 16.5. The van der Waals surface area contributed by atoms with Crippen LogP contribution in [0, 0.1) is 0 Å². The highest BCUT2D eigenvalue weighted by molar-refractivity contribution is 5.76. The van der Waals surface area contributed by atoms with Gasteiger partial charge in [-0.1, -0.05) is 24.3 Å². The first kappa shape index (κ1) is 10.2. The van der Waals surface area contributed by atoms with Crippen molar-refractivity contribution in [3.05, 3.63) is 35.4 Å². The molecule has 0 saturated carbocycles. The third kappa shape index (κ3) is 2.02. The average molecular weight is 206 g/mol. The Hall–Kier alpha value is -1.35. The molecule has 0 amide bonds. The molecule has 0 bridgehead atoms. The van der Waals surface area contributed by atoms with E-state index in [1.807, 2.05) is 25.1 Å². The van der Waals surface area contributed by atoms with Gasteiger partial charge in [0.05, 0.1) is 13.2 Å². The molecule has 0 fully saturated rings. The molecule has 80 valence electrons. The number of carbonyl (C=O) groups excluding carboxylic acids is 1. The molecule has 1 aromatic carbocycles. The fourth-order valence-electron chi connectivity index (χ4n) is 2.05. The molecular formula is C12H16NO2+. The van der Waals surface area contributed by atoms with Crippen LogP contribution in [0.2, 0.25) is 0 Å². The fourth-order valence-corrected chi connectivity index (χ4v) is 2.05. The molecule has 3 nitrogen and oxygen atoms in total. The minimum Gasteiger partial charge on any atom is -0.461 e. The van der Waals surface area contributed by atoms with Gasteiger partial charge in [0.1, 0.15) is 0 Å². The van der Waals surface area contributed by atoms with Gasteiger partial charge in [-0.3, -0.25) is 0 Å². The first-order valence-corrected chi connectivity index (χ1v) is 5.40. The van der Waals surface area contributed by atoms with Crippen LogP contribution in [-0.4, -0.2) is 19.1 Å². The Morgan fingerprint density at radius 2 is 2.33 bits per heavy atom. The molecule has 2 N–H and O–H groups in total. The van der Waals surface area contributed by atoms with Crippen molar-refractivity contribution in [2.45, 2.75) is 19.4 Å². The van der Waals surface area contributed by atoms with E-state index in [0.717, 1.165) is 18.5 Å². The molecule has 1 aliphatic heterocycles. The van der Waals surface area contributed by atoms with Gasteiger partial charge in [-0.2, -0.15) is 0 Å². The number of carbonyl (C=O) groups is 1. The summed E-state index contributed by atoms with van der Waals surface area (Å²) < 4.78 is 5.07. The summed E-state index contributed by atoms with van der Waals surface area (Å²) in [5.41, 5.74) is 2.39. The third-order valence-corrected chi connectivity index (χ3v) is 2.75. The smallest absolute Gasteiger partial charge is 0.369 e. The van der Waals surface area contributed by atoms with E-state index >= 15 is 0 Å². The maximum Gasteiger partial charge on any atom is 0.369 e. The van der Waals surface area contributed by atoms with Crippen LogP contribution in [0.4, 0.5) is 0 Å². The topological polar surface area (TPSA) is 42.9 Å². The zero-order valence-corrected chi connectivity index (χ0v) is 8.90. The molecule has 0 aliphatic carbocycles. The van der Waals surface area contributed by atoms with Crippen LogP contribution in [0.15, 0.2) is 24.3 Å². The largest absolute Gasteiger partial charge is 0.461 e. The van der Waals surface area contributed by atoms with Gasteiger partial charge in [0.15, 0.2) is 0 Å². The molecule has 3 heteroatoms. The molecule has 1 heterocycles. The highest BCUT2D eigenvalue weighted by Gasteiger charge is 2.30. The highest BCUT2D eigenvalue weighted by Crippen LogP contribution is 2.19. The number of esters is 1. The Morgan fingerprint density at radius 1 is 1.53 bits per heavy atom. The second kappa shape index (κ2) is 4.45. The van der Waals surface area contributed by atoms with Gasteiger partial charge in [-0.15, -0.1) is 0 Å². The van der Waals surface area contributed by atoms with Crippen LogP contribution >= 0.6 is 0 Å². The Labute approximate surface area is 89.4 Å². The van der Waals surface area contributed by atoms with E-state index in [9.17, 15) is 4.79 Å². The number of rotatable bonds is 2. The maximum absolute atomic E-state index is 11.7. The monoisotopic (exact) mass is 206 g/mol. The van der Waals surface area contributed by atoms with E-state index in [0.29, 0.717) is 6.61 Å². The lowest BCUT2D eigenvalue weighted by atomic mass is 9.94. The second-order valence-corrected chi connectivity index (χ2v) is 3.70. The van der Waals surface area contributed by atoms with Gasteiger partial charge < -0.3 is 10.1 Å². The number of ether oxygens (including phenoxy) is 1. The third-order valence-electron chi connectivity index (χ3n) is 2.75. The van der Waals surface area contributed by atoms with Gasteiger partial charge in [-0.05, 0) is 12.5 Å². The zero-order chi connectivity index (χ0) is 10.7. The van der Waals surface area contributed by atoms with Gasteiger partial charge >= 0.3 is 5.97 Å². The van der Waals surface area contributed by atoms with Crippen molar-refractivity contribution in [2.75, 3.05) is 13.2 Å². The number of quaternary nitrogens is 1. The molecule has 1 aromatic rings. The summed E-state index contributed by atoms with van der Waals surface area (Å²) in [6, 6.07) is 7.95. The van der Waals surface area contributed by atoms with Crippen molar-refractivity contribution < 1.29 is 14.8 Å². The molecule has 0 radical (unpaired) electrons. The minimum absolute atomic E-state index is 0.121. The van der Waals surface area contributed by atoms with E-state index in [1.54, 1.807) is 0 Å². The lowest BCUT2D eigenvalue weighted by Crippen LogP contribution is -2.88. The summed E-state index contributed by atoms with van der Waals surface area (Å²) in [4.78, 5) is 11.7. The first-order valence-electron chi connectivity index (χ1n) is 5.40. The summed E-state index contributed by atoms with van der Waals surface area (Å²) in [7, 11) is 0. The predicted octanol–water partition coefficient (Wildman–Crippen LogP) is 0.410. The van der Waals surface area contributed by atoms with Crippen molar-refractivity contribution in [1.82, 2.24) is 0 Å². The molecule has 15 heavy (non-hydrogen) atoms. The van der Waals surface area contributed by atoms with Crippen molar-refractivity contribution in [2.24, 2.45) is 0 Å². The van der Waals surface area contributed by atoms with Crippen LogP contribution in [0.25, 0.3) is 0 Å². The van der Waals surface area contributed by atoms with E-state index in [-0.39, 0.29) is 12.0 Å². The number of hydrogen-bond acceptors (Lipinski definition) is 2. The Morgan fingerprint density at radius 3 is 3.13 bits per heavy atom. The van der Waals surface area contributed by atoms with Gasteiger partial charge in [0.2, 0.25) is 6.04 Å². The molecular weight excluding hydrogens is 190 g/mol. The predicted molar refractivity (Wildman–Crippen MR) is 56.3 cm³/mol. The van der Waals surface area contributed by atoms with Gasteiger partial charge in [-0.25, -0.2) is 4.79 Å². The molecule has 2 rings (SSSR count). The lowest BCUT2D eigenvalue weighted by Gasteiger charge is -2.21. The van der Waals surface area contributed by atoms with Crippen LogP contribution in [-0.2, 0) is 16.0 Å². The van der Waals surface area contributed by atoms with Gasteiger partial charge in [0.25, 0.3) is 0 Å². The molecule has 1 aliphatic rings. The Kier molecular flexibility index (Phi) is 3.02. The number of fused-ring (bicyclic) bond motifs is 1. The Bertz CT molecular complexity index is 362. The standard InChI is InChI=1S/C12H15NO2/c1-2-15-12(14)11-10-6-4-3-5-9(10)7-8-13-11/h3-6,11,13H,2,7-8H2,1H3/p+1/t11-/m1/s1. The van der Waals surface area contributed by atoms with E-state index in [2.05, 4.69) is 11.4 Å². The SMILES string of the molecule is CCOC(=O)[C@@H]1[NH2+]CCc2ccccc21. The maximum atomic E-state index is 11.7. The summed E-state index contributed by atoms with van der Waals surface area (Å²) >= 11 is 0. The quantitative estimate of drug-likeness (QED) is 0.712. The molecule has 0 spiro atoms. The minimum atomic E-state index is -0.158. The zero-order valence-electron chi connectivity index (χ0n) is 8.90. The molecule has 0 saturated heterocycles. The summed E-state index contributed by atoms with van der Waals surface area (Å²) in [6.07, 6.45) is 1.03. The first-order chi connectivity index (χ1) is 7.33. The second-order valence-electron chi connectivity index (χ2n) is 3.70. The van der Waals surface area contributed by atoms with Crippen LogP contribution < -0.4 is 5.32 Å². The number of benzene rings is 1. The van der Waals surface area contributed by atoms with E-state index < -0.39 is 0 Å². The van der Waals surface area contributed by atoms with Crippen molar-refractivity contribution in [1.29, 1.82) is 0 Å². The van der Waals surface area contributed by atoms with Crippen molar-refractivity contribution in [3.8, 4) is 0 Å². The number of nitrogens with two attached hydrogens (primary N) is 1.